The summed E-state index contributed by atoms with van der Waals surface area (Å²) in [6.45, 7) is 6.91. The van der Waals surface area contributed by atoms with Crippen LogP contribution >= 0.6 is 0 Å². The number of carbonyl (C=O) groups is 1. The van der Waals surface area contributed by atoms with Crippen molar-refractivity contribution in [2.75, 3.05) is 56.5 Å². The fourth-order valence-electron chi connectivity index (χ4n) is 5.43. The number of halogens is 2. The second kappa shape index (κ2) is 12.2. The Morgan fingerprint density at radius 1 is 1.02 bits per heavy atom. The maximum Gasteiger partial charge on any atom is 0.274 e. The van der Waals surface area contributed by atoms with E-state index in [4.69, 9.17) is 0 Å². The summed E-state index contributed by atoms with van der Waals surface area (Å²) in [5, 5.41) is 6.00. The van der Waals surface area contributed by atoms with E-state index in [0.717, 1.165) is 54.3 Å². The summed E-state index contributed by atoms with van der Waals surface area (Å²) in [5.74, 6) is -1.42. The number of alkyl halides is 2. The number of amides is 1. The largest absolute Gasteiger partial charge is 0.354 e. The number of nitrogens with one attached hydrogen (secondary N) is 2. The molecule has 6 rings (SSSR count). The lowest BCUT2D eigenvalue weighted by Crippen LogP contribution is -2.44. The third-order valence-electron chi connectivity index (χ3n) is 8.17. The van der Waals surface area contributed by atoms with Gasteiger partial charge in [0, 0.05) is 106 Å². The van der Waals surface area contributed by atoms with E-state index in [1.165, 1.54) is 0 Å². The van der Waals surface area contributed by atoms with Crippen LogP contribution in [0, 0.1) is 6.92 Å². The summed E-state index contributed by atoms with van der Waals surface area (Å²) in [6, 6.07) is 11.6. The standard InChI is InChI=1S/C32H36F2N8O/c1-22-3-4-24(25-15-23(18-35-19-25)21-41-9-6-32(33,34)7-10-41)16-27(22)30(39-28-20-37-28)31(43)38-26-5-8-36-29(17-26)42-13-11-40(2)12-14-42/h3-5,8,15-20,37H,6-7,9-14,21H2,1-2H3,(H,36,38,43)/b39-30+. The molecule has 3 aliphatic rings. The number of likely N-dealkylation sites (tertiary alicyclic amines) is 1. The maximum atomic E-state index is 13.7. The average Bonchev–Trinajstić information content (AvgIpc) is 3.82. The van der Waals surface area contributed by atoms with E-state index in [-0.39, 0.29) is 18.7 Å². The van der Waals surface area contributed by atoms with E-state index in [2.05, 4.69) is 42.4 Å². The van der Waals surface area contributed by atoms with Crippen LogP contribution in [0.15, 0.2) is 72.0 Å². The van der Waals surface area contributed by atoms with Crippen LogP contribution in [0.25, 0.3) is 11.1 Å². The quantitative estimate of drug-likeness (QED) is 0.381. The predicted octanol–water partition coefficient (Wildman–Crippen LogP) is 4.26. The first-order valence-electron chi connectivity index (χ1n) is 14.6. The Bertz CT molecular complexity index is 1550. The van der Waals surface area contributed by atoms with Crippen molar-refractivity contribution in [1.29, 1.82) is 0 Å². The van der Waals surface area contributed by atoms with Crippen molar-refractivity contribution in [3.05, 3.63) is 83.7 Å². The molecule has 224 valence electrons. The summed E-state index contributed by atoms with van der Waals surface area (Å²) in [4.78, 5) is 33.8. The van der Waals surface area contributed by atoms with Gasteiger partial charge < -0.3 is 20.4 Å². The molecule has 2 aromatic heterocycles. The Morgan fingerprint density at radius 3 is 2.53 bits per heavy atom. The van der Waals surface area contributed by atoms with Crippen LogP contribution < -0.4 is 15.5 Å². The molecule has 1 amide bonds. The third-order valence-corrected chi connectivity index (χ3v) is 8.17. The van der Waals surface area contributed by atoms with E-state index in [1.807, 2.05) is 42.2 Å². The lowest BCUT2D eigenvalue weighted by molar-refractivity contribution is -0.110. The number of anilines is 2. The van der Waals surface area contributed by atoms with Gasteiger partial charge in [-0.1, -0.05) is 12.1 Å². The minimum absolute atomic E-state index is 0.117. The van der Waals surface area contributed by atoms with Gasteiger partial charge in [0.15, 0.2) is 0 Å². The minimum atomic E-state index is -2.57. The molecule has 2 fully saturated rings. The van der Waals surface area contributed by atoms with Crippen molar-refractivity contribution < 1.29 is 13.6 Å². The number of benzene rings is 1. The van der Waals surface area contributed by atoms with Gasteiger partial charge in [0.25, 0.3) is 11.8 Å². The van der Waals surface area contributed by atoms with Crippen LogP contribution in [0.1, 0.15) is 29.5 Å². The van der Waals surface area contributed by atoms with Gasteiger partial charge in [0.1, 0.15) is 17.4 Å². The van der Waals surface area contributed by atoms with Crippen molar-refractivity contribution in [2.45, 2.75) is 32.2 Å². The highest BCUT2D eigenvalue weighted by Gasteiger charge is 2.33. The predicted molar refractivity (Wildman–Crippen MR) is 164 cm³/mol. The number of nitrogens with zero attached hydrogens (tertiary/aromatic N) is 6. The first-order valence-corrected chi connectivity index (χ1v) is 14.6. The van der Waals surface area contributed by atoms with Crippen molar-refractivity contribution in [1.82, 2.24) is 25.1 Å². The Hall–Kier alpha value is -4.22. The fraction of sp³-hybridized carbons (Fsp3) is 0.375. The smallest absolute Gasteiger partial charge is 0.274 e. The van der Waals surface area contributed by atoms with Crippen molar-refractivity contribution >= 4 is 23.1 Å². The van der Waals surface area contributed by atoms with Gasteiger partial charge in [-0.3, -0.25) is 14.7 Å². The maximum absolute atomic E-state index is 13.7. The molecule has 0 spiro atoms. The molecule has 3 aromatic rings. The van der Waals surface area contributed by atoms with Crippen LogP contribution in [-0.2, 0) is 11.3 Å². The van der Waals surface area contributed by atoms with E-state index < -0.39 is 5.92 Å². The number of carbonyl (C=O) groups excluding carboxylic acids is 1. The van der Waals surface area contributed by atoms with E-state index in [1.54, 1.807) is 30.9 Å². The summed E-state index contributed by atoms with van der Waals surface area (Å²) in [5.41, 5.74) is 5.30. The van der Waals surface area contributed by atoms with Crippen molar-refractivity contribution in [3.63, 3.8) is 0 Å². The molecule has 1 aromatic carbocycles. The van der Waals surface area contributed by atoms with Crippen LogP contribution in [0.4, 0.5) is 20.3 Å². The first kappa shape index (κ1) is 28.9. The zero-order valence-corrected chi connectivity index (χ0v) is 24.5. The monoisotopic (exact) mass is 586 g/mol. The Morgan fingerprint density at radius 2 is 1.79 bits per heavy atom. The van der Waals surface area contributed by atoms with Crippen LogP contribution in [-0.4, -0.2) is 83.6 Å². The molecule has 5 heterocycles. The summed E-state index contributed by atoms with van der Waals surface area (Å²) in [6.07, 6.45) is 6.78. The Labute approximate surface area is 250 Å². The second-order valence-electron chi connectivity index (χ2n) is 11.5. The fourth-order valence-corrected chi connectivity index (χ4v) is 5.43. The van der Waals surface area contributed by atoms with Gasteiger partial charge in [-0.05, 0) is 48.9 Å². The van der Waals surface area contributed by atoms with Crippen molar-refractivity contribution in [3.8, 4) is 11.1 Å². The summed E-state index contributed by atoms with van der Waals surface area (Å²) < 4.78 is 27.2. The molecule has 2 saturated heterocycles. The molecular formula is C32H36F2N8O. The highest BCUT2D eigenvalue weighted by Crippen LogP contribution is 2.29. The number of pyridine rings is 2. The number of rotatable bonds is 8. The number of hydrogen-bond acceptors (Lipinski definition) is 8. The van der Waals surface area contributed by atoms with Crippen LogP contribution in [0.2, 0.25) is 0 Å². The van der Waals surface area contributed by atoms with Gasteiger partial charge >= 0.3 is 0 Å². The van der Waals surface area contributed by atoms with Crippen LogP contribution in [0.3, 0.4) is 0 Å². The van der Waals surface area contributed by atoms with Gasteiger partial charge in [0.2, 0.25) is 0 Å². The number of hydrogen-bond donors (Lipinski definition) is 2. The average molecular weight is 587 g/mol. The van der Waals surface area contributed by atoms with Gasteiger partial charge in [-0.15, -0.1) is 0 Å². The Balaban J connectivity index is 1.22. The van der Waals surface area contributed by atoms with Crippen LogP contribution in [0.5, 0.6) is 0 Å². The minimum Gasteiger partial charge on any atom is -0.354 e. The normalized spacial score (nSPS) is 19.0. The molecule has 2 N–H and O–H groups in total. The highest BCUT2D eigenvalue weighted by molar-refractivity contribution is 6.49. The number of piperidine rings is 1. The second-order valence-corrected chi connectivity index (χ2v) is 11.5. The Kier molecular flexibility index (Phi) is 8.18. The molecule has 9 nitrogen and oxygen atoms in total. The van der Waals surface area contributed by atoms with E-state index in [0.29, 0.717) is 42.4 Å². The molecule has 0 aliphatic carbocycles. The number of aromatic nitrogens is 2. The first-order chi connectivity index (χ1) is 20.7. The molecule has 11 heteroatoms. The SMILES string of the molecule is Cc1ccc(-c2cncc(CN3CCC(F)(F)CC3)c2)cc1/C(=N\C1=CN1)C(=O)Nc1ccnc(N2CCN(C)CC2)c1. The molecule has 43 heavy (non-hydrogen) atoms. The molecule has 0 atom stereocenters. The van der Waals surface area contributed by atoms with Crippen molar-refractivity contribution in [2.24, 2.45) is 4.99 Å². The van der Waals surface area contributed by atoms with Gasteiger partial charge in [-0.25, -0.2) is 18.8 Å². The topological polar surface area (TPSA) is 98.9 Å². The summed E-state index contributed by atoms with van der Waals surface area (Å²) in [7, 11) is 2.11. The molecule has 0 bridgehead atoms. The lowest BCUT2D eigenvalue weighted by atomic mass is 9.96. The number of piperazine rings is 1. The molecule has 0 radical (unpaired) electrons. The molecule has 3 aliphatic heterocycles. The number of likely N-dealkylation sites (N-methyl/N-ethyl adjacent to an activating group) is 1. The lowest BCUT2D eigenvalue weighted by Gasteiger charge is -2.33. The third kappa shape index (κ3) is 7.23. The molecular weight excluding hydrogens is 550 g/mol. The van der Waals surface area contributed by atoms with E-state index in [9.17, 15) is 13.6 Å². The zero-order valence-electron chi connectivity index (χ0n) is 24.5. The number of aliphatic imine (C=N–C) groups is 1. The molecule has 0 saturated carbocycles. The molecule has 0 unspecified atom stereocenters. The number of aryl methyl sites for hydroxylation is 1. The van der Waals surface area contributed by atoms with E-state index >= 15 is 0 Å². The van der Waals surface area contributed by atoms with Gasteiger partial charge in [-0.2, -0.15) is 0 Å². The van der Waals surface area contributed by atoms with Gasteiger partial charge in [0.05, 0.1) is 0 Å². The zero-order chi connectivity index (χ0) is 30.0. The summed E-state index contributed by atoms with van der Waals surface area (Å²) >= 11 is 0. The highest BCUT2D eigenvalue weighted by atomic mass is 19.3.